The zero-order chi connectivity index (χ0) is 7.84. The largest absolute Gasteiger partial charge is 0.480 e. The van der Waals surface area contributed by atoms with E-state index in [1.807, 2.05) is 11.0 Å². The first-order chi connectivity index (χ1) is 5.29. The molecule has 11 heavy (non-hydrogen) atoms. The lowest BCUT2D eigenvalue weighted by atomic mass is 9.98. The van der Waals surface area contributed by atoms with Crippen LogP contribution in [0.1, 0.15) is 6.42 Å². The van der Waals surface area contributed by atoms with Crippen molar-refractivity contribution >= 4 is 5.97 Å². The van der Waals surface area contributed by atoms with Gasteiger partial charge in [0.1, 0.15) is 6.04 Å². The van der Waals surface area contributed by atoms with Gasteiger partial charge < -0.3 is 5.11 Å². The lowest BCUT2D eigenvalue weighted by molar-refractivity contribution is -0.143. The van der Waals surface area contributed by atoms with Gasteiger partial charge in [0.15, 0.2) is 0 Å². The summed E-state index contributed by atoms with van der Waals surface area (Å²) in [5.74, 6) is -0.405. The molecule has 1 N–H and O–H groups in total. The maximum atomic E-state index is 10.7. The van der Waals surface area contributed by atoms with Gasteiger partial charge in [-0.15, -0.1) is 0 Å². The molecule has 3 nitrogen and oxygen atoms in total. The van der Waals surface area contributed by atoms with Gasteiger partial charge >= 0.3 is 5.97 Å². The summed E-state index contributed by atoms with van der Waals surface area (Å²) in [4.78, 5) is 12.8. The maximum absolute atomic E-state index is 10.7. The quantitative estimate of drug-likeness (QED) is 0.552. The molecule has 60 valence electrons. The van der Waals surface area contributed by atoms with Crippen LogP contribution in [-0.2, 0) is 4.79 Å². The predicted octanol–water partition coefficient (Wildman–Crippen LogP) is 0.331. The van der Waals surface area contributed by atoms with Gasteiger partial charge in [-0.25, -0.2) is 0 Å². The molecule has 0 aromatic carbocycles. The monoisotopic (exact) mass is 153 g/mol. The normalized spacial score (nSPS) is 40.9. The molecule has 3 unspecified atom stereocenters. The van der Waals surface area contributed by atoms with Crippen LogP contribution in [0.15, 0.2) is 12.2 Å². The molecular weight excluding hydrogens is 142 g/mol. The van der Waals surface area contributed by atoms with E-state index in [1.165, 1.54) is 0 Å². The highest BCUT2D eigenvalue weighted by atomic mass is 16.4. The molecule has 0 saturated carbocycles. The fraction of sp³-hybridized carbons (Fsp3) is 0.625. The minimum atomic E-state index is -0.670. The molecule has 3 heteroatoms. The van der Waals surface area contributed by atoms with Gasteiger partial charge in [-0.2, -0.15) is 0 Å². The maximum Gasteiger partial charge on any atom is 0.321 e. The van der Waals surface area contributed by atoms with E-state index in [0.29, 0.717) is 0 Å². The highest BCUT2D eigenvalue weighted by molar-refractivity contribution is 5.75. The van der Waals surface area contributed by atoms with Gasteiger partial charge in [0, 0.05) is 12.5 Å². The number of aliphatic carboxylic acids is 1. The van der Waals surface area contributed by atoms with E-state index >= 15 is 0 Å². The van der Waals surface area contributed by atoms with Crippen LogP contribution in [0.5, 0.6) is 0 Å². The van der Waals surface area contributed by atoms with Crippen molar-refractivity contribution in [2.75, 3.05) is 13.1 Å². The third kappa shape index (κ3) is 0.959. The van der Waals surface area contributed by atoms with E-state index in [9.17, 15) is 4.79 Å². The zero-order valence-corrected chi connectivity index (χ0v) is 6.23. The van der Waals surface area contributed by atoms with Crippen LogP contribution in [0.2, 0.25) is 0 Å². The van der Waals surface area contributed by atoms with Crippen LogP contribution in [0.4, 0.5) is 0 Å². The molecule has 2 rings (SSSR count). The molecule has 1 saturated heterocycles. The van der Waals surface area contributed by atoms with Crippen LogP contribution in [0.25, 0.3) is 0 Å². The Kier molecular flexibility index (Phi) is 1.46. The Labute approximate surface area is 65.3 Å². The van der Waals surface area contributed by atoms with Gasteiger partial charge in [0.25, 0.3) is 0 Å². The third-order valence-electron chi connectivity index (χ3n) is 2.52. The summed E-state index contributed by atoms with van der Waals surface area (Å²) < 4.78 is 0. The molecule has 3 atom stereocenters. The molecular formula is C8H11NO2. The minimum absolute atomic E-state index is 0.236. The van der Waals surface area contributed by atoms with E-state index in [4.69, 9.17) is 5.11 Å². The van der Waals surface area contributed by atoms with E-state index < -0.39 is 5.97 Å². The Hall–Kier alpha value is -0.830. The first-order valence-corrected chi connectivity index (χ1v) is 3.92. The standard InChI is InChI=1S/C8H11NO2/c10-8(11)7-6-2-1-4-9(7)5-3-6/h1-2,6-7H,3-5H2,(H,10,11). The number of nitrogens with zero attached hydrogens (tertiary/aromatic N) is 1. The average molecular weight is 153 g/mol. The van der Waals surface area contributed by atoms with Crippen molar-refractivity contribution in [3.63, 3.8) is 0 Å². The molecule has 0 radical (unpaired) electrons. The first kappa shape index (κ1) is 6.85. The highest BCUT2D eigenvalue weighted by Gasteiger charge is 2.39. The number of carboxylic acids is 1. The second kappa shape index (κ2) is 2.34. The number of hydrogen-bond acceptors (Lipinski definition) is 2. The van der Waals surface area contributed by atoms with Gasteiger partial charge in [0.05, 0.1) is 0 Å². The van der Waals surface area contributed by atoms with E-state index in [-0.39, 0.29) is 12.0 Å². The van der Waals surface area contributed by atoms with E-state index in [2.05, 4.69) is 6.08 Å². The fourth-order valence-corrected chi connectivity index (χ4v) is 2.00. The van der Waals surface area contributed by atoms with Gasteiger partial charge in [-0.05, 0) is 13.0 Å². The molecule has 0 aromatic rings. The molecule has 1 fully saturated rings. The second-order valence-electron chi connectivity index (χ2n) is 3.16. The predicted molar refractivity (Wildman–Crippen MR) is 40.2 cm³/mol. The van der Waals surface area contributed by atoms with Crippen LogP contribution in [0.3, 0.4) is 0 Å². The third-order valence-corrected chi connectivity index (χ3v) is 2.52. The Bertz CT molecular complexity index is 212. The van der Waals surface area contributed by atoms with Gasteiger partial charge in [0.2, 0.25) is 0 Å². The Morgan fingerprint density at radius 1 is 1.64 bits per heavy atom. The number of fused-ring (bicyclic) bond motifs is 2. The summed E-state index contributed by atoms with van der Waals surface area (Å²) in [5.41, 5.74) is 0. The van der Waals surface area contributed by atoms with Crippen molar-refractivity contribution in [3.8, 4) is 0 Å². The fourth-order valence-electron chi connectivity index (χ4n) is 2.00. The Morgan fingerprint density at radius 3 is 3.00 bits per heavy atom. The van der Waals surface area contributed by atoms with E-state index in [1.54, 1.807) is 0 Å². The average Bonchev–Trinajstić information content (AvgIpc) is 2.23. The summed E-state index contributed by atoms with van der Waals surface area (Å²) in [6.07, 6.45) is 5.12. The van der Waals surface area contributed by atoms with Crippen molar-refractivity contribution in [1.82, 2.24) is 4.90 Å². The molecule has 0 spiro atoms. The van der Waals surface area contributed by atoms with Gasteiger partial charge in [-0.3, -0.25) is 9.69 Å². The molecule has 2 aliphatic heterocycles. The number of carboxylic acid groups (broad SMARTS) is 1. The number of rotatable bonds is 1. The zero-order valence-electron chi connectivity index (χ0n) is 6.23. The number of carbonyl (C=O) groups is 1. The first-order valence-electron chi connectivity index (χ1n) is 3.92. The highest BCUT2D eigenvalue weighted by Crippen LogP contribution is 2.28. The summed E-state index contributed by atoms with van der Waals surface area (Å²) in [7, 11) is 0. The molecule has 0 aliphatic carbocycles. The molecule has 0 aromatic heterocycles. The van der Waals surface area contributed by atoms with Crippen LogP contribution in [0, 0.1) is 5.92 Å². The van der Waals surface area contributed by atoms with Crippen molar-refractivity contribution in [2.24, 2.45) is 5.92 Å². The lowest BCUT2D eigenvalue weighted by Crippen LogP contribution is -2.41. The van der Waals surface area contributed by atoms with Crippen LogP contribution >= 0.6 is 0 Å². The Balaban J connectivity index is 2.23. The smallest absolute Gasteiger partial charge is 0.321 e. The lowest BCUT2D eigenvalue weighted by Gasteiger charge is -2.25. The Morgan fingerprint density at radius 2 is 2.45 bits per heavy atom. The van der Waals surface area contributed by atoms with Crippen LogP contribution < -0.4 is 0 Å². The van der Waals surface area contributed by atoms with Crippen LogP contribution in [-0.4, -0.2) is 35.1 Å². The van der Waals surface area contributed by atoms with Crippen molar-refractivity contribution < 1.29 is 9.90 Å². The van der Waals surface area contributed by atoms with Crippen molar-refractivity contribution in [1.29, 1.82) is 0 Å². The minimum Gasteiger partial charge on any atom is -0.480 e. The van der Waals surface area contributed by atoms with Crippen molar-refractivity contribution in [3.05, 3.63) is 12.2 Å². The summed E-state index contributed by atoms with van der Waals surface area (Å²) in [5, 5.41) is 8.84. The van der Waals surface area contributed by atoms with E-state index in [0.717, 1.165) is 19.5 Å². The summed E-state index contributed by atoms with van der Waals surface area (Å²) >= 11 is 0. The molecule has 2 heterocycles. The molecule has 2 bridgehead atoms. The summed E-state index contributed by atoms with van der Waals surface area (Å²) in [6.45, 7) is 1.75. The topological polar surface area (TPSA) is 40.5 Å². The molecule has 0 amide bonds. The van der Waals surface area contributed by atoms with Gasteiger partial charge in [-0.1, -0.05) is 12.2 Å². The summed E-state index contributed by atoms with van der Waals surface area (Å²) in [6, 6.07) is -0.236. The second-order valence-corrected chi connectivity index (χ2v) is 3.16. The SMILES string of the molecule is O=C(O)C1C2C=CCN1CC2. The molecule has 2 aliphatic rings. The number of hydrogen-bond donors (Lipinski definition) is 1. The van der Waals surface area contributed by atoms with Crippen molar-refractivity contribution in [2.45, 2.75) is 12.5 Å².